The number of rotatable bonds is 6. The Kier molecular flexibility index (Phi) is 5.22. The molecule has 0 aliphatic carbocycles. The first-order valence-corrected chi connectivity index (χ1v) is 8.48. The van der Waals surface area contributed by atoms with Crippen molar-refractivity contribution in [3.63, 3.8) is 0 Å². The summed E-state index contributed by atoms with van der Waals surface area (Å²) in [5.41, 5.74) is 0.573. The lowest BCUT2D eigenvalue weighted by Gasteiger charge is -2.07. The first-order chi connectivity index (χ1) is 11.6. The van der Waals surface area contributed by atoms with Gasteiger partial charge in [0.25, 0.3) is 0 Å². The molecule has 0 atom stereocenters. The van der Waals surface area contributed by atoms with Crippen LogP contribution >= 0.6 is 23.4 Å². The molecule has 3 aromatic rings. The molecule has 0 spiro atoms. The Morgan fingerprint density at radius 1 is 1.17 bits per heavy atom. The van der Waals surface area contributed by atoms with Crippen LogP contribution in [0.3, 0.4) is 0 Å². The maximum Gasteiger partial charge on any atom is 0.210 e. The Bertz CT molecular complexity index is 842. The van der Waals surface area contributed by atoms with Gasteiger partial charge in [-0.3, -0.25) is 0 Å². The second-order valence-corrected chi connectivity index (χ2v) is 6.28. The third kappa shape index (κ3) is 3.80. The average Bonchev–Trinajstić information content (AvgIpc) is 2.94. The minimum atomic E-state index is -0.349. The lowest BCUT2D eigenvalue weighted by Crippen LogP contribution is -2.12. The molecule has 0 amide bonds. The van der Waals surface area contributed by atoms with Crippen LogP contribution in [0.1, 0.15) is 0 Å². The van der Waals surface area contributed by atoms with E-state index in [1.807, 2.05) is 12.1 Å². The minimum Gasteiger partial charge on any atom is -0.491 e. The number of benzene rings is 2. The smallest absolute Gasteiger partial charge is 0.210 e. The molecular formula is C16H14ClFN4OS. The van der Waals surface area contributed by atoms with Crippen LogP contribution in [0.15, 0.2) is 53.7 Å². The number of thioether (sulfide) groups is 1. The highest BCUT2D eigenvalue weighted by molar-refractivity contribution is 7.99. The van der Waals surface area contributed by atoms with Crippen molar-refractivity contribution < 1.29 is 9.13 Å². The number of nitrogens with two attached hydrogens (primary N) is 1. The Balaban J connectivity index is 1.60. The average molecular weight is 365 g/mol. The first-order valence-electron chi connectivity index (χ1n) is 7.11. The summed E-state index contributed by atoms with van der Waals surface area (Å²) in [7, 11) is 0. The normalized spacial score (nSPS) is 10.8. The fraction of sp³-hybridized carbons (Fsp3) is 0.125. The van der Waals surface area contributed by atoms with Crippen LogP contribution in [0, 0.1) is 5.82 Å². The highest BCUT2D eigenvalue weighted by Crippen LogP contribution is 2.25. The van der Waals surface area contributed by atoms with Gasteiger partial charge in [0.1, 0.15) is 11.6 Å². The zero-order valence-electron chi connectivity index (χ0n) is 12.5. The Labute approximate surface area is 147 Å². The van der Waals surface area contributed by atoms with Crippen molar-refractivity contribution in [2.75, 3.05) is 18.2 Å². The third-order valence-electron chi connectivity index (χ3n) is 3.16. The molecular weight excluding hydrogens is 351 g/mol. The second kappa shape index (κ2) is 7.55. The fourth-order valence-corrected chi connectivity index (χ4v) is 2.91. The van der Waals surface area contributed by atoms with Gasteiger partial charge in [0, 0.05) is 11.3 Å². The van der Waals surface area contributed by atoms with Crippen molar-refractivity contribution in [3.05, 3.63) is 59.4 Å². The second-order valence-electron chi connectivity index (χ2n) is 4.81. The molecule has 0 fully saturated rings. The number of para-hydroxylation sites is 1. The van der Waals surface area contributed by atoms with E-state index in [2.05, 4.69) is 10.2 Å². The summed E-state index contributed by atoms with van der Waals surface area (Å²) in [4.78, 5) is 0. The number of halogens is 2. The standard InChI is InChI=1S/C16H14ClFN4OS/c17-13-6-1-2-7-14(13)23-8-9-24-16-21-20-15(22(16)19)11-4-3-5-12(18)10-11/h1-7,10H,8-9,19H2. The predicted octanol–water partition coefficient (Wildman–Crippen LogP) is 3.62. The van der Waals surface area contributed by atoms with Gasteiger partial charge < -0.3 is 10.6 Å². The maximum atomic E-state index is 13.3. The molecule has 124 valence electrons. The van der Waals surface area contributed by atoms with Crippen LogP contribution in [0.2, 0.25) is 5.02 Å². The van der Waals surface area contributed by atoms with Crippen LogP contribution in [0.4, 0.5) is 4.39 Å². The van der Waals surface area contributed by atoms with Gasteiger partial charge in [0.05, 0.1) is 11.6 Å². The van der Waals surface area contributed by atoms with Crippen LogP contribution in [0.25, 0.3) is 11.4 Å². The van der Waals surface area contributed by atoms with Crippen molar-refractivity contribution in [1.29, 1.82) is 0 Å². The fourth-order valence-electron chi connectivity index (χ4n) is 2.05. The Hall–Kier alpha value is -2.25. The molecule has 0 bridgehead atoms. The topological polar surface area (TPSA) is 66.0 Å². The van der Waals surface area contributed by atoms with E-state index in [1.54, 1.807) is 24.3 Å². The van der Waals surface area contributed by atoms with Crippen LogP contribution < -0.4 is 10.6 Å². The molecule has 24 heavy (non-hydrogen) atoms. The van der Waals surface area contributed by atoms with E-state index in [1.165, 1.54) is 28.6 Å². The molecule has 2 N–H and O–H groups in total. The number of hydrogen-bond acceptors (Lipinski definition) is 5. The van der Waals surface area contributed by atoms with E-state index in [4.69, 9.17) is 22.2 Å². The molecule has 0 aliphatic rings. The van der Waals surface area contributed by atoms with Gasteiger partial charge >= 0.3 is 0 Å². The van der Waals surface area contributed by atoms with Gasteiger partial charge in [-0.2, -0.15) is 0 Å². The van der Waals surface area contributed by atoms with Gasteiger partial charge in [-0.15, -0.1) is 10.2 Å². The van der Waals surface area contributed by atoms with Gasteiger partial charge in [0.15, 0.2) is 5.82 Å². The molecule has 2 aromatic carbocycles. The van der Waals surface area contributed by atoms with Crippen molar-refractivity contribution in [2.45, 2.75) is 5.16 Å². The van der Waals surface area contributed by atoms with Crippen molar-refractivity contribution in [1.82, 2.24) is 14.9 Å². The van der Waals surface area contributed by atoms with E-state index in [-0.39, 0.29) is 5.82 Å². The molecule has 1 heterocycles. The largest absolute Gasteiger partial charge is 0.491 e. The number of hydrogen-bond donors (Lipinski definition) is 1. The van der Waals surface area contributed by atoms with Crippen molar-refractivity contribution in [3.8, 4) is 17.1 Å². The minimum absolute atomic E-state index is 0.349. The summed E-state index contributed by atoms with van der Waals surface area (Å²) in [5.74, 6) is 7.30. The van der Waals surface area contributed by atoms with E-state index >= 15 is 0 Å². The lowest BCUT2D eigenvalue weighted by molar-refractivity contribution is 0.344. The molecule has 0 saturated carbocycles. The van der Waals surface area contributed by atoms with E-state index in [9.17, 15) is 4.39 Å². The van der Waals surface area contributed by atoms with Crippen LogP contribution in [0.5, 0.6) is 5.75 Å². The number of ether oxygens (including phenoxy) is 1. The van der Waals surface area contributed by atoms with Crippen LogP contribution in [-0.4, -0.2) is 27.2 Å². The van der Waals surface area contributed by atoms with Crippen molar-refractivity contribution in [2.24, 2.45) is 0 Å². The molecule has 5 nitrogen and oxygen atoms in total. The lowest BCUT2D eigenvalue weighted by atomic mass is 10.2. The van der Waals surface area contributed by atoms with Gasteiger partial charge in [0.2, 0.25) is 5.16 Å². The molecule has 3 rings (SSSR count). The first kappa shape index (κ1) is 16.6. The number of nitrogens with zero attached hydrogens (tertiary/aromatic N) is 3. The zero-order valence-corrected chi connectivity index (χ0v) is 14.1. The SMILES string of the molecule is Nn1c(SCCOc2ccccc2Cl)nnc1-c1cccc(F)c1. The molecule has 1 aromatic heterocycles. The Morgan fingerprint density at radius 2 is 2.00 bits per heavy atom. The number of nitrogen functional groups attached to an aromatic ring is 1. The van der Waals surface area contributed by atoms with Gasteiger partial charge in [-0.25, -0.2) is 9.07 Å². The number of aromatic nitrogens is 3. The predicted molar refractivity (Wildman–Crippen MR) is 93.2 cm³/mol. The Morgan fingerprint density at radius 3 is 2.79 bits per heavy atom. The summed E-state index contributed by atoms with van der Waals surface area (Å²) >= 11 is 7.41. The summed E-state index contributed by atoms with van der Waals surface area (Å²) in [5, 5.41) is 9.14. The monoisotopic (exact) mass is 364 g/mol. The van der Waals surface area contributed by atoms with Crippen LogP contribution in [-0.2, 0) is 0 Å². The third-order valence-corrected chi connectivity index (χ3v) is 4.38. The van der Waals surface area contributed by atoms with E-state index in [0.29, 0.717) is 39.7 Å². The quantitative estimate of drug-likeness (QED) is 0.411. The van der Waals surface area contributed by atoms with E-state index < -0.39 is 0 Å². The maximum absolute atomic E-state index is 13.3. The summed E-state index contributed by atoms with van der Waals surface area (Å²) in [6, 6.07) is 13.3. The molecule has 0 saturated heterocycles. The summed E-state index contributed by atoms with van der Waals surface area (Å²) < 4.78 is 20.2. The summed E-state index contributed by atoms with van der Waals surface area (Å²) in [6.07, 6.45) is 0. The van der Waals surface area contributed by atoms with Crippen molar-refractivity contribution >= 4 is 23.4 Å². The molecule has 0 radical (unpaired) electrons. The van der Waals surface area contributed by atoms with Gasteiger partial charge in [-0.05, 0) is 24.3 Å². The molecule has 8 heteroatoms. The zero-order chi connectivity index (χ0) is 16.9. The van der Waals surface area contributed by atoms with Gasteiger partial charge in [-0.1, -0.05) is 47.6 Å². The highest BCUT2D eigenvalue weighted by atomic mass is 35.5. The van der Waals surface area contributed by atoms with E-state index in [0.717, 1.165) is 0 Å². The molecule has 0 unspecified atom stereocenters. The summed E-state index contributed by atoms with van der Waals surface area (Å²) in [6.45, 7) is 0.441. The highest BCUT2D eigenvalue weighted by Gasteiger charge is 2.12. The molecule has 0 aliphatic heterocycles.